The number of aromatic hydroxyl groups is 1. The van der Waals surface area contributed by atoms with E-state index in [0.717, 1.165) is 25.7 Å². The number of ether oxygens (including phenoxy) is 1. The first-order valence-corrected chi connectivity index (χ1v) is 8.58. The second-order valence-corrected chi connectivity index (χ2v) is 6.62. The van der Waals surface area contributed by atoms with Gasteiger partial charge in [-0.1, -0.05) is 0 Å². The molecule has 1 saturated carbocycles. The summed E-state index contributed by atoms with van der Waals surface area (Å²) in [5.74, 6) is 0.334. The molecule has 6 heteroatoms. The van der Waals surface area contributed by atoms with E-state index in [0.29, 0.717) is 30.7 Å². The number of phenolic OH excluding ortho intramolecular Hbond substituents is 1. The highest BCUT2D eigenvalue weighted by Gasteiger charge is 2.26. The number of hydrogen-bond acceptors (Lipinski definition) is 4. The van der Waals surface area contributed by atoms with Gasteiger partial charge in [0.25, 0.3) is 5.91 Å². The lowest BCUT2D eigenvalue weighted by molar-refractivity contribution is -0.123. The fraction of sp³-hybridized carbons (Fsp3) is 0.556. The largest absolute Gasteiger partial charge is 0.504 e. The Morgan fingerprint density at radius 3 is 2.71 bits per heavy atom. The SMILES string of the molecule is CN(C(=O)c1ccc(O)c(OC2CCCC2)c1)[C@H]1CCC(=O)NC1. The smallest absolute Gasteiger partial charge is 0.254 e. The third kappa shape index (κ3) is 3.63. The van der Waals surface area contributed by atoms with Gasteiger partial charge in [-0.15, -0.1) is 0 Å². The van der Waals surface area contributed by atoms with Gasteiger partial charge in [0.2, 0.25) is 5.91 Å². The summed E-state index contributed by atoms with van der Waals surface area (Å²) in [6.07, 6.45) is 5.47. The van der Waals surface area contributed by atoms with Crippen molar-refractivity contribution in [2.75, 3.05) is 13.6 Å². The van der Waals surface area contributed by atoms with E-state index in [9.17, 15) is 14.7 Å². The normalized spacial score (nSPS) is 21.4. The van der Waals surface area contributed by atoms with Crippen LogP contribution in [0.5, 0.6) is 11.5 Å². The fourth-order valence-electron chi connectivity index (χ4n) is 3.35. The van der Waals surface area contributed by atoms with E-state index in [4.69, 9.17) is 4.74 Å². The lowest BCUT2D eigenvalue weighted by Crippen LogP contribution is -2.48. The summed E-state index contributed by atoms with van der Waals surface area (Å²) in [6, 6.07) is 4.72. The first kappa shape index (κ1) is 16.6. The van der Waals surface area contributed by atoms with Crippen LogP contribution in [0.1, 0.15) is 48.9 Å². The standard InChI is InChI=1S/C18H24N2O4/c1-20(13-7-9-17(22)19-11-13)18(23)12-6-8-15(21)16(10-12)24-14-4-2-3-5-14/h6,8,10,13-14,21H,2-5,7,9,11H2,1H3,(H,19,22)/t13-/m0/s1. The number of carbonyl (C=O) groups excluding carboxylic acids is 2. The molecular formula is C18H24N2O4. The topological polar surface area (TPSA) is 78.9 Å². The maximum atomic E-state index is 12.7. The van der Waals surface area contributed by atoms with E-state index in [1.165, 1.54) is 6.07 Å². The summed E-state index contributed by atoms with van der Waals surface area (Å²) in [5.41, 5.74) is 0.486. The Labute approximate surface area is 141 Å². The van der Waals surface area contributed by atoms with E-state index in [1.54, 1.807) is 24.1 Å². The van der Waals surface area contributed by atoms with Crippen molar-refractivity contribution >= 4 is 11.8 Å². The van der Waals surface area contributed by atoms with Gasteiger partial charge in [0.05, 0.1) is 6.10 Å². The summed E-state index contributed by atoms with van der Waals surface area (Å²) in [7, 11) is 1.74. The van der Waals surface area contributed by atoms with Crippen LogP contribution in [0.2, 0.25) is 0 Å². The lowest BCUT2D eigenvalue weighted by Gasteiger charge is -2.31. The number of nitrogens with zero attached hydrogens (tertiary/aromatic N) is 1. The predicted octanol–water partition coefficient (Wildman–Crippen LogP) is 2.06. The third-order valence-electron chi connectivity index (χ3n) is 4.91. The number of piperidine rings is 1. The van der Waals surface area contributed by atoms with Gasteiger partial charge < -0.3 is 20.1 Å². The molecule has 0 aromatic heterocycles. The van der Waals surface area contributed by atoms with E-state index in [1.807, 2.05) is 0 Å². The van der Waals surface area contributed by atoms with Crippen molar-refractivity contribution < 1.29 is 19.4 Å². The number of phenols is 1. The van der Waals surface area contributed by atoms with Crippen molar-refractivity contribution in [3.63, 3.8) is 0 Å². The molecule has 0 unspecified atom stereocenters. The molecule has 6 nitrogen and oxygen atoms in total. The molecule has 2 aliphatic rings. The Balaban J connectivity index is 1.70. The minimum atomic E-state index is -0.132. The first-order valence-electron chi connectivity index (χ1n) is 8.58. The molecule has 1 aromatic carbocycles. The zero-order chi connectivity index (χ0) is 17.1. The Kier molecular flexibility index (Phi) is 4.92. The van der Waals surface area contributed by atoms with E-state index < -0.39 is 0 Å². The molecule has 1 heterocycles. The van der Waals surface area contributed by atoms with Crippen LogP contribution in [0.4, 0.5) is 0 Å². The van der Waals surface area contributed by atoms with E-state index in [-0.39, 0.29) is 29.7 Å². The zero-order valence-electron chi connectivity index (χ0n) is 14.0. The highest BCUT2D eigenvalue weighted by molar-refractivity contribution is 5.95. The third-order valence-corrected chi connectivity index (χ3v) is 4.91. The van der Waals surface area contributed by atoms with Crippen molar-refractivity contribution in [3.05, 3.63) is 23.8 Å². The lowest BCUT2D eigenvalue weighted by atomic mass is 10.0. The highest BCUT2D eigenvalue weighted by atomic mass is 16.5. The molecule has 2 amide bonds. The van der Waals surface area contributed by atoms with Crippen molar-refractivity contribution in [1.82, 2.24) is 10.2 Å². The molecule has 0 radical (unpaired) electrons. The maximum Gasteiger partial charge on any atom is 0.254 e. The average Bonchev–Trinajstić information content (AvgIpc) is 3.09. The van der Waals surface area contributed by atoms with E-state index in [2.05, 4.69) is 5.32 Å². The molecule has 0 spiro atoms. The summed E-state index contributed by atoms with van der Waals surface area (Å²) >= 11 is 0. The second-order valence-electron chi connectivity index (χ2n) is 6.62. The van der Waals surface area contributed by atoms with Crippen LogP contribution in [-0.2, 0) is 4.79 Å². The molecular weight excluding hydrogens is 308 g/mol. The van der Waals surface area contributed by atoms with Crippen LogP contribution < -0.4 is 10.1 Å². The minimum absolute atomic E-state index is 0.0109. The number of carbonyl (C=O) groups is 2. The zero-order valence-corrected chi connectivity index (χ0v) is 14.0. The molecule has 2 fully saturated rings. The fourth-order valence-corrected chi connectivity index (χ4v) is 3.35. The van der Waals surface area contributed by atoms with E-state index >= 15 is 0 Å². The molecule has 24 heavy (non-hydrogen) atoms. The second kappa shape index (κ2) is 7.11. The Morgan fingerprint density at radius 1 is 1.29 bits per heavy atom. The molecule has 130 valence electrons. The molecule has 1 aromatic rings. The van der Waals surface area contributed by atoms with Gasteiger partial charge in [-0.25, -0.2) is 0 Å². The first-order chi connectivity index (χ1) is 11.5. The monoisotopic (exact) mass is 332 g/mol. The quantitative estimate of drug-likeness (QED) is 0.885. The van der Waals surface area contributed by atoms with Crippen molar-refractivity contribution in [1.29, 1.82) is 0 Å². The van der Waals surface area contributed by atoms with Crippen molar-refractivity contribution in [2.45, 2.75) is 50.7 Å². The predicted molar refractivity (Wildman–Crippen MR) is 89.1 cm³/mol. The van der Waals surface area contributed by atoms with Gasteiger partial charge in [-0.2, -0.15) is 0 Å². The van der Waals surface area contributed by atoms with Gasteiger partial charge >= 0.3 is 0 Å². The summed E-state index contributed by atoms with van der Waals surface area (Å²) in [4.78, 5) is 25.6. The Hall–Kier alpha value is -2.24. The van der Waals surface area contributed by atoms with Crippen molar-refractivity contribution in [3.8, 4) is 11.5 Å². The molecule has 1 aliphatic heterocycles. The molecule has 0 bridgehead atoms. The molecule has 1 saturated heterocycles. The van der Waals surface area contributed by atoms with Crippen LogP contribution in [0, 0.1) is 0 Å². The number of rotatable bonds is 4. The number of nitrogens with one attached hydrogen (secondary N) is 1. The van der Waals surface area contributed by atoms with Crippen LogP contribution in [0.3, 0.4) is 0 Å². The number of amides is 2. The van der Waals surface area contributed by atoms with Crippen LogP contribution >= 0.6 is 0 Å². The molecule has 1 atom stereocenters. The van der Waals surface area contributed by atoms with Gasteiger partial charge in [-0.05, 0) is 50.3 Å². The summed E-state index contributed by atoms with van der Waals surface area (Å²) in [6.45, 7) is 0.477. The Bertz CT molecular complexity index is 615. The van der Waals surface area contributed by atoms with Gasteiger partial charge in [0.15, 0.2) is 11.5 Å². The minimum Gasteiger partial charge on any atom is -0.504 e. The molecule has 1 aliphatic carbocycles. The van der Waals surface area contributed by atoms with Crippen molar-refractivity contribution in [2.24, 2.45) is 0 Å². The molecule has 2 N–H and O–H groups in total. The van der Waals surface area contributed by atoms with Gasteiger partial charge in [-0.3, -0.25) is 9.59 Å². The number of benzene rings is 1. The molecule has 3 rings (SSSR count). The van der Waals surface area contributed by atoms with Crippen LogP contribution in [0.25, 0.3) is 0 Å². The summed E-state index contributed by atoms with van der Waals surface area (Å²) < 4.78 is 5.86. The number of hydrogen-bond donors (Lipinski definition) is 2. The highest BCUT2D eigenvalue weighted by Crippen LogP contribution is 2.32. The number of likely N-dealkylation sites (N-methyl/N-ethyl adjacent to an activating group) is 1. The van der Waals surface area contributed by atoms with Gasteiger partial charge in [0.1, 0.15) is 0 Å². The maximum absolute atomic E-state index is 12.7. The average molecular weight is 332 g/mol. The summed E-state index contributed by atoms with van der Waals surface area (Å²) in [5, 5.41) is 12.8. The van der Waals surface area contributed by atoms with Gasteiger partial charge in [0, 0.05) is 31.6 Å². The Morgan fingerprint density at radius 2 is 2.04 bits per heavy atom. The van der Waals surface area contributed by atoms with Crippen LogP contribution in [-0.4, -0.2) is 47.6 Å². The van der Waals surface area contributed by atoms with Crippen LogP contribution in [0.15, 0.2) is 18.2 Å².